The van der Waals surface area contributed by atoms with Crippen LogP contribution in [0.5, 0.6) is 0 Å². The first-order valence-corrected chi connectivity index (χ1v) is 7.02. The van der Waals surface area contributed by atoms with Crippen LogP contribution in [-0.2, 0) is 0 Å². The summed E-state index contributed by atoms with van der Waals surface area (Å²) in [7, 11) is 0. The van der Waals surface area contributed by atoms with E-state index in [-0.39, 0.29) is 6.04 Å². The van der Waals surface area contributed by atoms with Gasteiger partial charge in [-0.1, -0.05) is 53.6 Å². The molecule has 0 radical (unpaired) electrons. The molecule has 0 aliphatic rings. The highest BCUT2D eigenvalue weighted by atomic mass is 35.5. The van der Waals surface area contributed by atoms with Crippen LogP contribution in [-0.4, -0.2) is 15.2 Å². The Morgan fingerprint density at radius 3 is 2.52 bits per heavy atom. The molecule has 0 fully saturated rings. The maximum absolute atomic E-state index is 6.23. The zero-order chi connectivity index (χ0) is 14.8. The Balaban J connectivity index is 1.91. The van der Waals surface area contributed by atoms with Crippen molar-refractivity contribution < 1.29 is 0 Å². The van der Waals surface area contributed by atoms with E-state index < -0.39 is 0 Å². The van der Waals surface area contributed by atoms with Crippen LogP contribution in [0.1, 0.15) is 23.0 Å². The number of aromatic amines is 1. The van der Waals surface area contributed by atoms with E-state index in [1.165, 1.54) is 5.56 Å². The van der Waals surface area contributed by atoms with Gasteiger partial charge in [-0.25, -0.2) is 4.98 Å². The van der Waals surface area contributed by atoms with Crippen molar-refractivity contribution in [1.82, 2.24) is 15.2 Å². The number of aryl methyl sites for hydroxylation is 1. The minimum absolute atomic E-state index is 0.339. The largest absolute Gasteiger partial charge is 0.318 e. The lowest BCUT2D eigenvalue weighted by molar-refractivity contribution is 0.787. The average Bonchev–Trinajstić information content (AvgIpc) is 2.97. The molecule has 106 valence electrons. The second-order valence-corrected chi connectivity index (χ2v) is 5.32. The molecule has 2 aromatic carbocycles. The van der Waals surface area contributed by atoms with Crippen molar-refractivity contribution in [2.45, 2.75) is 13.0 Å². The van der Waals surface area contributed by atoms with Gasteiger partial charge in [0, 0.05) is 5.56 Å². The number of nitrogens with one attached hydrogen (secondary N) is 1. The maximum atomic E-state index is 6.23. The Kier molecular flexibility index (Phi) is 3.73. The molecule has 5 heteroatoms. The minimum Gasteiger partial charge on any atom is -0.318 e. The lowest BCUT2D eigenvalue weighted by Gasteiger charge is -2.08. The number of aromatic nitrogens is 3. The van der Waals surface area contributed by atoms with Crippen molar-refractivity contribution in [1.29, 1.82) is 0 Å². The van der Waals surface area contributed by atoms with E-state index in [1.807, 2.05) is 55.5 Å². The normalized spacial score (nSPS) is 12.3. The topological polar surface area (TPSA) is 67.6 Å². The van der Waals surface area contributed by atoms with Crippen molar-refractivity contribution in [3.8, 4) is 11.4 Å². The SMILES string of the molecule is Cc1ccc(C(N)c2nc(-c3ccccc3Cl)n[nH]2)cc1. The van der Waals surface area contributed by atoms with Gasteiger partial charge in [0.1, 0.15) is 5.82 Å². The summed E-state index contributed by atoms with van der Waals surface area (Å²) in [6.45, 7) is 2.04. The molecule has 0 bridgehead atoms. The van der Waals surface area contributed by atoms with Crippen LogP contribution in [0.25, 0.3) is 11.4 Å². The highest BCUT2D eigenvalue weighted by molar-refractivity contribution is 6.33. The molecule has 0 saturated heterocycles. The fraction of sp³-hybridized carbons (Fsp3) is 0.125. The van der Waals surface area contributed by atoms with Crippen molar-refractivity contribution >= 4 is 11.6 Å². The molecule has 1 heterocycles. The van der Waals surface area contributed by atoms with Gasteiger partial charge in [0.05, 0.1) is 11.1 Å². The van der Waals surface area contributed by atoms with Crippen molar-refractivity contribution in [3.05, 3.63) is 70.5 Å². The van der Waals surface area contributed by atoms with Crippen molar-refractivity contribution in [2.75, 3.05) is 0 Å². The quantitative estimate of drug-likeness (QED) is 0.778. The number of hydrogen-bond acceptors (Lipinski definition) is 3. The second-order valence-electron chi connectivity index (χ2n) is 4.91. The molecule has 4 nitrogen and oxygen atoms in total. The van der Waals surface area contributed by atoms with Gasteiger partial charge in [0.2, 0.25) is 0 Å². The predicted octanol–water partition coefficient (Wildman–Crippen LogP) is 3.48. The average molecular weight is 299 g/mol. The fourth-order valence-electron chi connectivity index (χ4n) is 2.11. The van der Waals surface area contributed by atoms with Crippen LogP contribution in [0.4, 0.5) is 0 Å². The zero-order valence-electron chi connectivity index (χ0n) is 11.5. The summed E-state index contributed by atoms with van der Waals surface area (Å²) in [5.41, 5.74) is 9.20. The summed E-state index contributed by atoms with van der Waals surface area (Å²) < 4.78 is 0. The van der Waals surface area contributed by atoms with Gasteiger partial charge < -0.3 is 5.73 Å². The number of rotatable bonds is 3. The molecule has 3 rings (SSSR count). The lowest BCUT2D eigenvalue weighted by atomic mass is 10.1. The molecule has 1 atom stereocenters. The van der Waals surface area contributed by atoms with Gasteiger partial charge in [0.25, 0.3) is 0 Å². The van der Waals surface area contributed by atoms with Crippen LogP contribution in [0.15, 0.2) is 48.5 Å². The molecular weight excluding hydrogens is 284 g/mol. The third kappa shape index (κ3) is 2.82. The van der Waals surface area contributed by atoms with Crippen LogP contribution in [0, 0.1) is 6.92 Å². The number of halogens is 1. The molecule has 1 aromatic heterocycles. The molecule has 1 unspecified atom stereocenters. The van der Waals surface area contributed by atoms with Crippen LogP contribution < -0.4 is 5.73 Å². The van der Waals surface area contributed by atoms with E-state index >= 15 is 0 Å². The summed E-state index contributed by atoms with van der Waals surface area (Å²) in [6.07, 6.45) is 0. The number of H-pyrrole nitrogens is 1. The third-order valence-electron chi connectivity index (χ3n) is 3.35. The van der Waals surface area contributed by atoms with Gasteiger partial charge in [-0.15, -0.1) is 0 Å². The van der Waals surface area contributed by atoms with E-state index in [4.69, 9.17) is 17.3 Å². The van der Waals surface area contributed by atoms with Gasteiger partial charge in [-0.05, 0) is 24.6 Å². The fourth-order valence-corrected chi connectivity index (χ4v) is 2.33. The molecule has 0 amide bonds. The highest BCUT2D eigenvalue weighted by Crippen LogP contribution is 2.26. The highest BCUT2D eigenvalue weighted by Gasteiger charge is 2.15. The van der Waals surface area contributed by atoms with E-state index in [1.54, 1.807) is 0 Å². The number of nitrogens with zero attached hydrogens (tertiary/aromatic N) is 2. The van der Waals surface area contributed by atoms with Crippen molar-refractivity contribution in [2.24, 2.45) is 5.73 Å². The Hall–Kier alpha value is -2.17. The molecule has 0 aliphatic carbocycles. The van der Waals surface area contributed by atoms with Crippen LogP contribution in [0.2, 0.25) is 5.02 Å². The lowest BCUT2D eigenvalue weighted by Crippen LogP contribution is -2.13. The van der Waals surface area contributed by atoms with E-state index in [0.717, 1.165) is 11.1 Å². The van der Waals surface area contributed by atoms with Crippen molar-refractivity contribution in [3.63, 3.8) is 0 Å². The maximum Gasteiger partial charge on any atom is 0.182 e. The third-order valence-corrected chi connectivity index (χ3v) is 3.68. The summed E-state index contributed by atoms with van der Waals surface area (Å²) in [5.74, 6) is 1.17. The monoisotopic (exact) mass is 298 g/mol. The number of hydrogen-bond donors (Lipinski definition) is 2. The van der Waals surface area contributed by atoms with Crippen LogP contribution >= 0.6 is 11.6 Å². The smallest absolute Gasteiger partial charge is 0.182 e. The Labute approximate surface area is 128 Å². The molecule has 3 N–H and O–H groups in total. The van der Waals surface area contributed by atoms with E-state index in [0.29, 0.717) is 16.7 Å². The van der Waals surface area contributed by atoms with Gasteiger partial charge >= 0.3 is 0 Å². The zero-order valence-corrected chi connectivity index (χ0v) is 12.3. The van der Waals surface area contributed by atoms with Gasteiger partial charge in [0.15, 0.2) is 5.82 Å². The first-order valence-electron chi connectivity index (χ1n) is 6.64. The standard InChI is InChI=1S/C16H15ClN4/c1-10-6-8-11(9-7-10)14(18)16-19-15(20-21-16)12-4-2-3-5-13(12)17/h2-9,14H,18H2,1H3,(H,19,20,21). The van der Waals surface area contributed by atoms with Gasteiger partial charge in [-0.3, -0.25) is 5.10 Å². The molecule has 0 aliphatic heterocycles. The summed E-state index contributed by atoms with van der Waals surface area (Å²) in [5, 5.41) is 7.73. The summed E-state index contributed by atoms with van der Waals surface area (Å²) in [6, 6.07) is 15.2. The second kappa shape index (κ2) is 5.68. The van der Waals surface area contributed by atoms with Gasteiger partial charge in [-0.2, -0.15) is 5.10 Å². The molecule has 0 saturated carbocycles. The number of nitrogens with two attached hydrogens (primary N) is 1. The molecule has 21 heavy (non-hydrogen) atoms. The number of benzene rings is 2. The molecule has 0 spiro atoms. The minimum atomic E-state index is -0.339. The van der Waals surface area contributed by atoms with E-state index in [9.17, 15) is 0 Å². The Morgan fingerprint density at radius 1 is 1.10 bits per heavy atom. The Bertz CT molecular complexity index is 749. The predicted molar refractivity (Wildman–Crippen MR) is 84.0 cm³/mol. The first-order chi connectivity index (χ1) is 10.1. The summed E-state index contributed by atoms with van der Waals surface area (Å²) >= 11 is 6.16. The summed E-state index contributed by atoms with van der Waals surface area (Å²) in [4.78, 5) is 4.46. The van der Waals surface area contributed by atoms with E-state index in [2.05, 4.69) is 15.2 Å². The first kappa shape index (κ1) is 13.8. The molecular formula is C16H15ClN4. The Morgan fingerprint density at radius 2 is 1.81 bits per heavy atom. The molecule has 3 aromatic rings. The van der Waals surface area contributed by atoms with Crippen LogP contribution in [0.3, 0.4) is 0 Å².